The van der Waals surface area contributed by atoms with Crippen molar-refractivity contribution in [2.45, 2.75) is 78.2 Å². The van der Waals surface area contributed by atoms with Crippen molar-refractivity contribution in [1.82, 2.24) is 19.8 Å². The SMILES string of the molecule is CCN1C(=O)OCc2cnc(NC(C)c3ccc(C(CC4CC4)N4CCN(C(=O)OC(C)(C)C)CC4)cc3)nc21. The van der Waals surface area contributed by atoms with E-state index in [0.717, 1.165) is 36.6 Å². The number of benzene rings is 1. The molecule has 2 unspecified atom stereocenters. The van der Waals surface area contributed by atoms with Crippen LogP contribution < -0.4 is 10.2 Å². The van der Waals surface area contributed by atoms with E-state index in [1.54, 1.807) is 6.20 Å². The Kier molecular flexibility index (Phi) is 8.16. The molecule has 1 aromatic heterocycles. The fourth-order valence-electron chi connectivity index (χ4n) is 5.38. The van der Waals surface area contributed by atoms with E-state index >= 15 is 0 Å². The average molecular weight is 551 g/mol. The first kappa shape index (κ1) is 28.1. The zero-order chi connectivity index (χ0) is 28.4. The Labute approximate surface area is 237 Å². The predicted octanol–water partition coefficient (Wildman–Crippen LogP) is 5.52. The smallest absolute Gasteiger partial charge is 0.415 e. The van der Waals surface area contributed by atoms with E-state index in [2.05, 4.69) is 51.4 Å². The highest BCUT2D eigenvalue weighted by atomic mass is 16.6. The molecule has 1 saturated carbocycles. The van der Waals surface area contributed by atoms with Crippen molar-refractivity contribution >= 4 is 24.0 Å². The number of hydrogen-bond acceptors (Lipinski definition) is 8. The first-order chi connectivity index (χ1) is 19.1. The normalized spacial score (nSPS) is 19.5. The number of carbonyl (C=O) groups excluding carboxylic acids is 2. The highest BCUT2D eigenvalue weighted by Crippen LogP contribution is 2.40. The summed E-state index contributed by atoms with van der Waals surface area (Å²) >= 11 is 0. The molecule has 10 heteroatoms. The fraction of sp³-hybridized carbons (Fsp3) is 0.600. The maximum atomic E-state index is 12.5. The fourth-order valence-corrected chi connectivity index (χ4v) is 5.38. The molecule has 5 rings (SSSR count). The molecule has 2 atom stereocenters. The molecule has 1 aromatic carbocycles. The number of anilines is 2. The van der Waals surface area contributed by atoms with Crippen LogP contribution in [0.4, 0.5) is 21.4 Å². The predicted molar refractivity (Wildman–Crippen MR) is 153 cm³/mol. The number of hydrogen-bond donors (Lipinski definition) is 1. The molecule has 1 saturated heterocycles. The second-order valence-electron chi connectivity index (χ2n) is 12.1. The number of ether oxygens (including phenoxy) is 2. The second kappa shape index (κ2) is 11.6. The van der Waals surface area contributed by atoms with Gasteiger partial charge in [-0.25, -0.2) is 14.6 Å². The van der Waals surface area contributed by atoms with Crippen LogP contribution in [0.25, 0.3) is 0 Å². The number of rotatable bonds is 8. The third-order valence-electron chi connectivity index (χ3n) is 7.81. The van der Waals surface area contributed by atoms with Gasteiger partial charge in [0.25, 0.3) is 0 Å². The molecule has 40 heavy (non-hydrogen) atoms. The van der Waals surface area contributed by atoms with Crippen molar-refractivity contribution in [3.05, 3.63) is 47.2 Å². The standard InChI is InChI=1S/C30H42N6O4/c1-6-36-26-24(19-39-29(36)38)18-31-27(33-26)32-20(2)22-9-11-23(12-10-22)25(17-21-7-8-21)34-13-15-35(16-14-34)28(37)40-30(3,4)5/h9-12,18,20-21,25H,6-8,13-17,19H2,1-5H3,(H,31,32,33). The number of carbonyl (C=O) groups is 2. The molecule has 0 spiro atoms. The largest absolute Gasteiger partial charge is 0.444 e. The van der Waals surface area contributed by atoms with E-state index in [-0.39, 0.29) is 24.8 Å². The van der Waals surface area contributed by atoms with Gasteiger partial charge in [0.1, 0.15) is 18.0 Å². The molecule has 2 aromatic rings. The van der Waals surface area contributed by atoms with Gasteiger partial charge in [-0.3, -0.25) is 9.80 Å². The van der Waals surface area contributed by atoms with Gasteiger partial charge in [0, 0.05) is 45.0 Å². The summed E-state index contributed by atoms with van der Waals surface area (Å²) in [4.78, 5) is 39.6. The van der Waals surface area contributed by atoms with Crippen LogP contribution in [0.5, 0.6) is 0 Å². The maximum absolute atomic E-state index is 12.5. The zero-order valence-corrected chi connectivity index (χ0v) is 24.4. The molecule has 2 aliphatic heterocycles. The lowest BCUT2D eigenvalue weighted by atomic mass is 9.96. The third-order valence-corrected chi connectivity index (χ3v) is 7.81. The highest BCUT2D eigenvalue weighted by molar-refractivity contribution is 5.89. The van der Waals surface area contributed by atoms with Crippen molar-refractivity contribution in [2.24, 2.45) is 5.92 Å². The van der Waals surface area contributed by atoms with Gasteiger partial charge < -0.3 is 19.7 Å². The summed E-state index contributed by atoms with van der Waals surface area (Å²) in [5, 5.41) is 3.39. The van der Waals surface area contributed by atoms with Crippen LogP contribution in [-0.2, 0) is 16.1 Å². The van der Waals surface area contributed by atoms with Crippen molar-refractivity contribution in [3.63, 3.8) is 0 Å². The number of fused-ring (bicyclic) bond motifs is 1. The minimum atomic E-state index is -0.480. The molecular formula is C30H42N6O4. The summed E-state index contributed by atoms with van der Waals surface area (Å²) in [5.74, 6) is 1.88. The van der Waals surface area contributed by atoms with Crippen molar-refractivity contribution in [1.29, 1.82) is 0 Å². The molecular weight excluding hydrogens is 508 g/mol. The van der Waals surface area contributed by atoms with E-state index < -0.39 is 5.60 Å². The van der Waals surface area contributed by atoms with Crippen LogP contribution >= 0.6 is 0 Å². The third kappa shape index (κ3) is 6.66. The first-order valence-corrected chi connectivity index (χ1v) is 14.5. The van der Waals surface area contributed by atoms with Crippen molar-refractivity contribution in [2.75, 3.05) is 42.9 Å². The Hall–Kier alpha value is -3.40. The van der Waals surface area contributed by atoms with E-state index in [9.17, 15) is 9.59 Å². The van der Waals surface area contributed by atoms with E-state index in [0.29, 0.717) is 37.4 Å². The summed E-state index contributed by atoms with van der Waals surface area (Å²) in [7, 11) is 0. The molecule has 1 aliphatic carbocycles. The van der Waals surface area contributed by atoms with Gasteiger partial charge in [-0.2, -0.15) is 4.98 Å². The summed E-state index contributed by atoms with van der Waals surface area (Å²) in [6.45, 7) is 13.4. The van der Waals surface area contributed by atoms with Gasteiger partial charge in [-0.1, -0.05) is 37.1 Å². The lowest BCUT2D eigenvalue weighted by molar-refractivity contribution is 0.00941. The molecule has 1 N–H and O–H groups in total. The number of nitrogens with one attached hydrogen (secondary N) is 1. The summed E-state index contributed by atoms with van der Waals surface area (Å²) < 4.78 is 10.8. The summed E-state index contributed by atoms with van der Waals surface area (Å²) in [5.41, 5.74) is 2.77. The van der Waals surface area contributed by atoms with Gasteiger partial charge in [0.2, 0.25) is 5.95 Å². The quantitative estimate of drug-likeness (QED) is 0.459. The number of aromatic nitrogens is 2. The summed E-state index contributed by atoms with van der Waals surface area (Å²) in [6, 6.07) is 9.16. The monoisotopic (exact) mass is 550 g/mol. The first-order valence-electron chi connectivity index (χ1n) is 14.5. The highest BCUT2D eigenvalue weighted by Gasteiger charge is 2.33. The van der Waals surface area contributed by atoms with Gasteiger partial charge in [-0.05, 0) is 58.1 Å². The van der Waals surface area contributed by atoms with Gasteiger partial charge >= 0.3 is 12.2 Å². The Morgan fingerprint density at radius 3 is 2.42 bits per heavy atom. The molecule has 2 fully saturated rings. The van der Waals surface area contributed by atoms with Gasteiger partial charge in [0.15, 0.2) is 0 Å². The van der Waals surface area contributed by atoms with E-state index in [4.69, 9.17) is 9.47 Å². The van der Waals surface area contributed by atoms with Crippen molar-refractivity contribution < 1.29 is 19.1 Å². The zero-order valence-electron chi connectivity index (χ0n) is 24.4. The average Bonchev–Trinajstić information content (AvgIpc) is 3.75. The minimum Gasteiger partial charge on any atom is -0.444 e. The Balaban J connectivity index is 1.23. The molecule has 0 radical (unpaired) electrons. The van der Waals surface area contributed by atoms with Crippen LogP contribution in [0.15, 0.2) is 30.5 Å². The van der Waals surface area contributed by atoms with Gasteiger partial charge in [-0.15, -0.1) is 0 Å². The maximum Gasteiger partial charge on any atom is 0.415 e. The van der Waals surface area contributed by atoms with E-state index in [1.807, 2.05) is 32.6 Å². The van der Waals surface area contributed by atoms with Crippen LogP contribution in [0.3, 0.4) is 0 Å². The topological polar surface area (TPSA) is 100 Å². The van der Waals surface area contributed by atoms with Gasteiger partial charge in [0.05, 0.1) is 11.6 Å². The summed E-state index contributed by atoms with van der Waals surface area (Å²) in [6.07, 6.45) is 4.89. The molecule has 10 nitrogen and oxygen atoms in total. The lowest BCUT2D eigenvalue weighted by Crippen LogP contribution is -2.50. The Bertz CT molecular complexity index is 1200. The molecule has 2 amide bonds. The number of piperazine rings is 1. The van der Waals surface area contributed by atoms with Crippen molar-refractivity contribution in [3.8, 4) is 0 Å². The molecule has 0 bridgehead atoms. The number of amides is 2. The molecule has 3 aliphatic rings. The Morgan fingerprint density at radius 2 is 1.80 bits per heavy atom. The molecule has 3 heterocycles. The van der Waals surface area contributed by atoms with Crippen LogP contribution in [0.1, 0.15) is 82.7 Å². The minimum absolute atomic E-state index is 0.0167. The van der Waals surface area contributed by atoms with Crippen LogP contribution in [-0.4, -0.2) is 70.3 Å². The van der Waals surface area contributed by atoms with Crippen LogP contribution in [0.2, 0.25) is 0 Å². The van der Waals surface area contributed by atoms with E-state index in [1.165, 1.54) is 23.3 Å². The number of cyclic esters (lactones) is 1. The lowest BCUT2D eigenvalue weighted by Gasteiger charge is -2.40. The number of nitrogens with zero attached hydrogens (tertiary/aromatic N) is 5. The second-order valence-corrected chi connectivity index (χ2v) is 12.1. The molecule has 216 valence electrons. The van der Waals surface area contributed by atoms with Crippen LogP contribution in [0, 0.1) is 5.92 Å². The Morgan fingerprint density at radius 1 is 1.12 bits per heavy atom.